The zero-order valence-corrected chi connectivity index (χ0v) is 21.8. The van der Waals surface area contributed by atoms with E-state index >= 15 is 0 Å². The third-order valence-corrected chi connectivity index (χ3v) is 7.85. The van der Waals surface area contributed by atoms with Crippen molar-refractivity contribution in [2.75, 3.05) is 4.90 Å². The van der Waals surface area contributed by atoms with Gasteiger partial charge in [-0.25, -0.2) is 0 Å². The molecule has 188 valence electrons. The van der Waals surface area contributed by atoms with Gasteiger partial charge < -0.3 is 9.32 Å². The number of benzene rings is 7. The molecular formula is C38H25NO. The third kappa shape index (κ3) is 3.58. The molecule has 2 nitrogen and oxygen atoms in total. The van der Waals surface area contributed by atoms with E-state index < -0.39 is 0 Å². The lowest BCUT2D eigenvalue weighted by Gasteiger charge is -2.30. The molecule has 1 heterocycles. The first kappa shape index (κ1) is 22.6. The van der Waals surface area contributed by atoms with Gasteiger partial charge in [-0.15, -0.1) is 0 Å². The molecule has 1 aromatic heterocycles. The Labute approximate surface area is 232 Å². The first-order chi connectivity index (χ1) is 19.8. The fraction of sp³-hybridized carbons (Fsp3) is 0. The van der Waals surface area contributed by atoms with E-state index in [0.29, 0.717) is 0 Å². The maximum atomic E-state index is 6.29. The Morgan fingerprint density at radius 2 is 0.900 bits per heavy atom. The van der Waals surface area contributed by atoms with Crippen molar-refractivity contribution in [3.63, 3.8) is 0 Å². The Morgan fingerprint density at radius 3 is 1.62 bits per heavy atom. The van der Waals surface area contributed by atoms with Crippen molar-refractivity contribution in [2.24, 2.45) is 0 Å². The smallest absolute Gasteiger partial charge is 0.136 e. The summed E-state index contributed by atoms with van der Waals surface area (Å²) in [5.41, 5.74) is 7.48. The van der Waals surface area contributed by atoms with Crippen LogP contribution in [0.5, 0.6) is 0 Å². The summed E-state index contributed by atoms with van der Waals surface area (Å²) in [5, 5.41) is 7.13. The van der Waals surface area contributed by atoms with Gasteiger partial charge in [-0.2, -0.15) is 0 Å². The zero-order valence-electron chi connectivity index (χ0n) is 21.8. The standard InChI is InChI=1S/C38H25NO/c1-3-15-29-26(11-1)13-9-20-35(29)39(36-21-10-14-27-12-2-4-16-30(27)36)34-19-7-5-17-31(34)28-23-24-33-32-18-6-8-22-37(32)40-38(33)25-28/h1-25H. The van der Waals surface area contributed by atoms with Crippen LogP contribution in [0.25, 0.3) is 54.6 Å². The van der Waals surface area contributed by atoms with E-state index in [1.54, 1.807) is 0 Å². The molecule has 0 fully saturated rings. The lowest BCUT2D eigenvalue weighted by Crippen LogP contribution is -2.12. The predicted molar refractivity (Wildman–Crippen MR) is 169 cm³/mol. The summed E-state index contributed by atoms with van der Waals surface area (Å²) in [5.74, 6) is 0. The molecule has 0 saturated heterocycles. The quantitative estimate of drug-likeness (QED) is 0.234. The maximum Gasteiger partial charge on any atom is 0.136 e. The Bertz CT molecular complexity index is 2100. The monoisotopic (exact) mass is 511 g/mol. The SMILES string of the molecule is c1ccc(N(c2cccc3ccccc23)c2cccc3ccccc23)c(-c2ccc3c(c2)oc2ccccc23)c1. The summed E-state index contributed by atoms with van der Waals surface area (Å²) in [6.45, 7) is 0. The van der Waals surface area contributed by atoms with E-state index in [2.05, 4.69) is 144 Å². The topological polar surface area (TPSA) is 16.4 Å². The van der Waals surface area contributed by atoms with Gasteiger partial charge >= 0.3 is 0 Å². The number of anilines is 3. The number of para-hydroxylation sites is 2. The van der Waals surface area contributed by atoms with E-state index in [0.717, 1.165) is 50.1 Å². The van der Waals surface area contributed by atoms with Gasteiger partial charge in [-0.1, -0.05) is 115 Å². The second-order valence-corrected chi connectivity index (χ2v) is 10.2. The van der Waals surface area contributed by atoms with Crippen LogP contribution in [-0.4, -0.2) is 0 Å². The van der Waals surface area contributed by atoms with Crippen LogP contribution in [0.2, 0.25) is 0 Å². The van der Waals surface area contributed by atoms with Crippen molar-refractivity contribution in [1.82, 2.24) is 0 Å². The van der Waals surface area contributed by atoms with E-state index in [9.17, 15) is 0 Å². The molecule has 7 aromatic carbocycles. The first-order valence-electron chi connectivity index (χ1n) is 13.6. The van der Waals surface area contributed by atoms with Gasteiger partial charge in [0.15, 0.2) is 0 Å². The van der Waals surface area contributed by atoms with Gasteiger partial charge in [-0.3, -0.25) is 0 Å². The fourth-order valence-electron chi connectivity index (χ4n) is 6.00. The Morgan fingerprint density at radius 1 is 0.375 bits per heavy atom. The molecule has 0 unspecified atom stereocenters. The van der Waals surface area contributed by atoms with Gasteiger partial charge in [0.1, 0.15) is 11.2 Å². The minimum Gasteiger partial charge on any atom is -0.456 e. The summed E-state index contributed by atoms with van der Waals surface area (Å²) in [4.78, 5) is 2.42. The number of hydrogen-bond acceptors (Lipinski definition) is 2. The third-order valence-electron chi connectivity index (χ3n) is 7.85. The van der Waals surface area contributed by atoms with Gasteiger partial charge in [-0.05, 0) is 52.7 Å². The minimum absolute atomic E-state index is 0.898. The molecule has 40 heavy (non-hydrogen) atoms. The Balaban J connectivity index is 1.42. The molecule has 0 radical (unpaired) electrons. The van der Waals surface area contributed by atoms with Crippen LogP contribution < -0.4 is 4.90 Å². The highest BCUT2D eigenvalue weighted by Gasteiger charge is 2.21. The predicted octanol–water partition coefficient (Wildman–Crippen LogP) is 11.0. The van der Waals surface area contributed by atoms with Gasteiger partial charge in [0.05, 0.1) is 17.1 Å². The molecular weight excluding hydrogens is 486 g/mol. The van der Waals surface area contributed by atoms with Crippen LogP contribution in [0.15, 0.2) is 156 Å². The van der Waals surface area contributed by atoms with Crippen LogP contribution >= 0.6 is 0 Å². The number of nitrogens with zero attached hydrogens (tertiary/aromatic N) is 1. The summed E-state index contributed by atoms with van der Waals surface area (Å²) in [6, 6.07) is 53.9. The molecule has 0 spiro atoms. The highest BCUT2D eigenvalue weighted by atomic mass is 16.3. The molecule has 8 rings (SSSR count). The molecule has 0 aliphatic carbocycles. The number of fused-ring (bicyclic) bond motifs is 5. The lowest BCUT2D eigenvalue weighted by atomic mass is 9.98. The second kappa shape index (κ2) is 9.14. The molecule has 2 heteroatoms. The number of hydrogen-bond donors (Lipinski definition) is 0. The minimum atomic E-state index is 0.898. The maximum absolute atomic E-state index is 6.29. The highest BCUT2D eigenvalue weighted by Crippen LogP contribution is 2.46. The first-order valence-corrected chi connectivity index (χ1v) is 13.6. The van der Waals surface area contributed by atoms with Crippen molar-refractivity contribution in [3.05, 3.63) is 152 Å². The molecule has 0 amide bonds. The summed E-state index contributed by atoms with van der Waals surface area (Å²) in [7, 11) is 0. The summed E-state index contributed by atoms with van der Waals surface area (Å²) < 4.78 is 6.29. The zero-order chi connectivity index (χ0) is 26.5. The van der Waals surface area contributed by atoms with Crippen molar-refractivity contribution >= 4 is 60.5 Å². The summed E-state index contributed by atoms with van der Waals surface area (Å²) in [6.07, 6.45) is 0. The Hall–Kier alpha value is -5.34. The molecule has 8 aromatic rings. The average molecular weight is 512 g/mol. The van der Waals surface area contributed by atoms with Crippen molar-refractivity contribution in [3.8, 4) is 11.1 Å². The number of rotatable bonds is 4. The highest BCUT2D eigenvalue weighted by molar-refractivity contribution is 6.08. The van der Waals surface area contributed by atoms with E-state index in [-0.39, 0.29) is 0 Å². The van der Waals surface area contributed by atoms with Crippen LogP contribution in [0.1, 0.15) is 0 Å². The van der Waals surface area contributed by atoms with Crippen molar-refractivity contribution in [1.29, 1.82) is 0 Å². The summed E-state index contributed by atoms with van der Waals surface area (Å²) >= 11 is 0. The molecule has 0 bridgehead atoms. The van der Waals surface area contributed by atoms with Gasteiger partial charge in [0, 0.05) is 27.1 Å². The fourth-order valence-corrected chi connectivity index (χ4v) is 6.00. The van der Waals surface area contributed by atoms with Crippen LogP contribution in [0.3, 0.4) is 0 Å². The second-order valence-electron chi connectivity index (χ2n) is 10.2. The van der Waals surface area contributed by atoms with E-state index in [1.165, 1.54) is 21.5 Å². The van der Waals surface area contributed by atoms with Crippen LogP contribution in [0.4, 0.5) is 17.1 Å². The van der Waals surface area contributed by atoms with Crippen LogP contribution in [0, 0.1) is 0 Å². The largest absolute Gasteiger partial charge is 0.456 e. The number of furan rings is 1. The van der Waals surface area contributed by atoms with Crippen molar-refractivity contribution in [2.45, 2.75) is 0 Å². The lowest BCUT2D eigenvalue weighted by molar-refractivity contribution is 0.669. The molecule has 0 N–H and O–H groups in total. The van der Waals surface area contributed by atoms with Crippen LogP contribution in [-0.2, 0) is 0 Å². The molecule has 0 aliphatic heterocycles. The van der Waals surface area contributed by atoms with Crippen molar-refractivity contribution < 1.29 is 4.42 Å². The average Bonchev–Trinajstić information content (AvgIpc) is 3.40. The molecule has 0 atom stereocenters. The van der Waals surface area contributed by atoms with Gasteiger partial charge in [0.2, 0.25) is 0 Å². The van der Waals surface area contributed by atoms with E-state index in [1.807, 2.05) is 12.1 Å². The molecule has 0 saturated carbocycles. The normalized spacial score (nSPS) is 11.5. The molecule has 0 aliphatic rings. The Kier molecular flexibility index (Phi) is 5.17. The van der Waals surface area contributed by atoms with Gasteiger partial charge in [0.25, 0.3) is 0 Å². The van der Waals surface area contributed by atoms with E-state index in [4.69, 9.17) is 4.42 Å².